The Kier molecular flexibility index (Phi) is 2.53. The van der Waals surface area contributed by atoms with E-state index in [4.69, 9.17) is 4.52 Å². The van der Waals surface area contributed by atoms with Gasteiger partial charge in [-0.05, 0) is 18.8 Å². The Morgan fingerprint density at radius 2 is 2.36 bits per heavy atom. The summed E-state index contributed by atoms with van der Waals surface area (Å²) < 4.78 is 16.8. The normalized spacial score (nSPS) is 43.2. The predicted octanol–water partition coefficient (Wildman–Crippen LogP) is 1.58. The molecule has 0 amide bonds. The standard InChI is InChI=1S/C7H13O3P/c1-3-10-11(9)5-4-7(8)6(11)2/h4-8H,3H2,1-2H3. The van der Waals surface area contributed by atoms with E-state index in [1.54, 1.807) is 19.9 Å². The molecule has 0 aromatic rings. The first kappa shape index (κ1) is 8.98. The van der Waals surface area contributed by atoms with Crippen LogP contribution in [0.3, 0.4) is 0 Å². The maximum Gasteiger partial charge on any atom is 0.230 e. The first-order valence-corrected chi connectivity index (χ1v) is 5.48. The van der Waals surface area contributed by atoms with Crippen LogP contribution in [-0.4, -0.2) is 23.5 Å². The molecule has 1 aliphatic rings. The van der Waals surface area contributed by atoms with Gasteiger partial charge >= 0.3 is 0 Å². The smallest absolute Gasteiger partial charge is 0.230 e. The Balaban J connectivity index is 2.74. The van der Waals surface area contributed by atoms with Crippen LogP contribution in [0.2, 0.25) is 0 Å². The topological polar surface area (TPSA) is 46.5 Å². The molecule has 11 heavy (non-hydrogen) atoms. The highest BCUT2D eigenvalue weighted by Gasteiger charge is 2.37. The van der Waals surface area contributed by atoms with Crippen molar-refractivity contribution < 1.29 is 14.2 Å². The molecule has 3 unspecified atom stereocenters. The lowest BCUT2D eigenvalue weighted by atomic mass is 10.3. The van der Waals surface area contributed by atoms with Gasteiger partial charge in [-0.2, -0.15) is 0 Å². The molecule has 1 rings (SSSR count). The molecule has 4 heteroatoms. The quantitative estimate of drug-likeness (QED) is 0.649. The maximum absolute atomic E-state index is 11.7. The average molecular weight is 176 g/mol. The van der Waals surface area contributed by atoms with Crippen molar-refractivity contribution in [2.75, 3.05) is 6.61 Å². The van der Waals surface area contributed by atoms with Gasteiger partial charge in [-0.25, -0.2) is 0 Å². The van der Waals surface area contributed by atoms with Crippen LogP contribution in [0, 0.1) is 0 Å². The van der Waals surface area contributed by atoms with E-state index in [2.05, 4.69) is 0 Å². The van der Waals surface area contributed by atoms with Crippen molar-refractivity contribution in [3.05, 3.63) is 11.9 Å². The highest BCUT2D eigenvalue weighted by Crippen LogP contribution is 2.58. The summed E-state index contributed by atoms with van der Waals surface area (Å²) in [5.41, 5.74) is -0.276. The van der Waals surface area contributed by atoms with E-state index < -0.39 is 13.5 Å². The molecule has 0 aromatic heterocycles. The molecule has 0 saturated heterocycles. The van der Waals surface area contributed by atoms with E-state index in [0.29, 0.717) is 6.61 Å². The van der Waals surface area contributed by atoms with Crippen LogP contribution in [0.1, 0.15) is 13.8 Å². The highest BCUT2D eigenvalue weighted by molar-refractivity contribution is 7.63. The highest BCUT2D eigenvalue weighted by atomic mass is 31.2. The van der Waals surface area contributed by atoms with Crippen molar-refractivity contribution >= 4 is 7.37 Å². The molecule has 1 heterocycles. The SMILES string of the molecule is CCOP1(=O)C=CC(O)C1C. The fourth-order valence-corrected chi connectivity index (χ4v) is 3.02. The van der Waals surface area contributed by atoms with E-state index in [-0.39, 0.29) is 5.66 Å². The first-order valence-electron chi connectivity index (χ1n) is 3.71. The molecule has 0 saturated carbocycles. The Bertz CT molecular complexity index is 212. The third-order valence-corrected chi connectivity index (χ3v) is 4.57. The number of aliphatic hydroxyl groups excluding tert-OH is 1. The van der Waals surface area contributed by atoms with Crippen molar-refractivity contribution in [2.24, 2.45) is 0 Å². The van der Waals surface area contributed by atoms with Crippen molar-refractivity contribution in [3.8, 4) is 0 Å². The third-order valence-electron chi connectivity index (χ3n) is 1.88. The van der Waals surface area contributed by atoms with Crippen LogP contribution in [0.25, 0.3) is 0 Å². The van der Waals surface area contributed by atoms with Crippen LogP contribution < -0.4 is 0 Å². The average Bonchev–Trinajstić information content (AvgIpc) is 2.19. The molecule has 64 valence electrons. The lowest BCUT2D eigenvalue weighted by Crippen LogP contribution is -2.16. The zero-order valence-electron chi connectivity index (χ0n) is 6.73. The summed E-state index contributed by atoms with van der Waals surface area (Å²) in [6.45, 7) is 3.96. The number of hydrogen-bond acceptors (Lipinski definition) is 3. The molecular formula is C7H13O3P. The van der Waals surface area contributed by atoms with Crippen LogP contribution >= 0.6 is 7.37 Å². The van der Waals surface area contributed by atoms with Crippen LogP contribution in [0.15, 0.2) is 11.9 Å². The minimum absolute atomic E-state index is 0.276. The van der Waals surface area contributed by atoms with Crippen molar-refractivity contribution in [1.82, 2.24) is 0 Å². The van der Waals surface area contributed by atoms with Crippen LogP contribution in [0.5, 0.6) is 0 Å². The molecule has 0 aliphatic carbocycles. The van der Waals surface area contributed by atoms with E-state index >= 15 is 0 Å². The number of hydrogen-bond donors (Lipinski definition) is 1. The third kappa shape index (κ3) is 1.56. The molecule has 0 radical (unpaired) electrons. The summed E-state index contributed by atoms with van der Waals surface area (Å²) in [6.07, 6.45) is 0.938. The summed E-state index contributed by atoms with van der Waals surface area (Å²) in [5, 5.41) is 9.22. The van der Waals surface area contributed by atoms with Gasteiger partial charge in [0.05, 0.1) is 18.4 Å². The monoisotopic (exact) mass is 176 g/mol. The number of aliphatic hydroxyl groups is 1. The fraction of sp³-hybridized carbons (Fsp3) is 0.714. The van der Waals surface area contributed by atoms with E-state index in [1.165, 1.54) is 5.82 Å². The Morgan fingerprint density at radius 1 is 1.73 bits per heavy atom. The van der Waals surface area contributed by atoms with Crippen molar-refractivity contribution in [2.45, 2.75) is 25.6 Å². The van der Waals surface area contributed by atoms with Crippen molar-refractivity contribution in [3.63, 3.8) is 0 Å². The summed E-state index contributed by atoms with van der Waals surface area (Å²) in [4.78, 5) is 0. The van der Waals surface area contributed by atoms with Gasteiger partial charge in [0.1, 0.15) is 0 Å². The van der Waals surface area contributed by atoms with Gasteiger partial charge in [-0.1, -0.05) is 6.92 Å². The van der Waals surface area contributed by atoms with Gasteiger partial charge in [0.15, 0.2) is 0 Å². The zero-order valence-corrected chi connectivity index (χ0v) is 7.62. The Hall–Kier alpha value is -0.110. The molecule has 1 N–H and O–H groups in total. The molecule has 1 aliphatic heterocycles. The predicted molar refractivity (Wildman–Crippen MR) is 43.8 cm³/mol. The Morgan fingerprint density at radius 3 is 2.73 bits per heavy atom. The minimum Gasteiger partial charge on any atom is -0.388 e. The second-order valence-electron chi connectivity index (χ2n) is 2.64. The summed E-state index contributed by atoms with van der Waals surface area (Å²) in [5.74, 6) is 1.51. The van der Waals surface area contributed by atoms with Gasteiger partial charge in [0.25, 0.3) is 0 Å². The molecular weight excluding hydrogens is 163 g/mol. The second-order valence-corrected chi connectivity index (χ2v) is 5.30. The Labute approximate surface area is 66.5 Å². The lowest BCUT2D eigenvalue weighted by Gasteiger charge is -2.17. The van der Waals surface area contributed by atoms with E-state index in [1.807, 2.05) is 0 Å². The van der Waals surface area contributed by atoms with Gasteiger partial charge in [0.2, 0.25) is 7.37 Å². The van der Waals surface area contributed by atoms with E-state index in [0.717, 1.165) is 0 Å². The zero-order chi connectivity index (χ0) is 8.48. The van der Waals surface area contributed by atoms with Crippen LogP contribution in [-0.2, 0) is 9.09 Å². The minimum atomic E-state index is -2.65. The molecule has 0 bridgehead atoms. The van der Waals surface area contributed by atoms with E-state index in [9.17, 15) is 9.67 Å². The lowest BCUT2D eigenvalue weighted by molar-refractivity contribution is 0.216. The van der Waals surface area contributed by atoms with Gasteiger partial charge in [-0.15, -0.1) is 0 Å². The number of rotatable bonds is 2. The molecule has 3 atom stereocenters. The summed E-state index contributed by atoms with van der Waals surface area (Å²) in [6, 6.07) is 0. The first-order chi connectivity index (χ1) is 5.10. The molecule has 0 aromatic carbocycles. The molecule has 0 fully saturated rings. The van der Waals surface area contributed by atoms with Gasteiger partial charge in [0, 0.05) is 0 Å². The van der Waals surface area contributed by atoms with Gasteiger partial charge in [-0.3, -0.25) is 4.57 Å². The molecule has 0 spiro atoms. The second kappa shape index (κ2) is 3.10. The van der Waals surface area contributed by atoms with Crippen molar-refractivity contribution in [1.29, 1.82) is 0 Å². The van der Waals surface area contributed by atoms with Gasteiger partial charge < -0.3 is 9.63 Å². The molecule has 3 nitrogen and oxygen atoms in total. The summed E-state index contributed by atoms with van der Waals surface area (Å²) >= 11 is 0. The fourth-order valence-electron chi connectivity index (χ4n) is 1.08. The summed E-state index contributed by atoms with van der Waals surface area (Å²) in [7, 11) is -2.65. The maximum atomic E-state index is 11.7. The van der Waals surface area contributed by atoms with Crippen LogP contribution in [0.4, 0.5) is 0 Å². The largest absolute Gasteiger partial charge is 0.388 e.